The lowest BCUT2D eigenvalue weighted by Crippen LogP contribution is -2.30. The van der Waals surface area contributed by atoms with Gasteiger partial charge in [0.15, 0.2) is 12.2 Å². The molecule has 0 spiro atoms. The van der Waals surface area contributed by atoms with Gasteiger partial charge in [0.25, 0.3) is 0 Å². The van der Waals surface area contributed by atoms with Crippen molar-refractivity contribution in [2.45, 2.75) is 446 Å². The fraction of sp³-hybridized carbons (Fsp3) is 0.952. The molecule has 0 aromatic heterocycles. The number of hydrogen-bond donors (Lipinski definition) is 3. The van der Waals surface area contributed by atoms with E-state index < -0.39 is 97.5 Å². The topological polar surface area (TPSA) is 237 Å². The van der Waals surface area contributed by atoms with Crippen LogP contribution in [0.3, 0.4) is 0 Å². The van der Waals surface area contributed by atoms with Crippen LogP contribution in [0.1, 0.15) is 428 Å². The first-order valence-corrected chi connectivity index (χ1v) is 45.7. The summed E-state index contributed by atoms with van der Waals surface area (Å²) in [4.78, 5) is 73.0. The van der Waals surface area contributed by atoms with Crippen molar-refractivity contribution in [3.63, 3.8) is 0 Å². The zero-order valence-corrected chi connectivity index (χ0v) is 69.0. The predicted octanol–water partition coefficient (Wildman–Crippen LogP) is 24.8. The van der Waals surface area contributed by atoms with Gasteiger partial charge in [0.1, 0.15) is 19.3 Å². The SMILES string of the molecule is CCC(C)CCCCCCCCCCCCCCCCCCCCC(=O)O[C@H](COC(=O)CCCCCCCCCCC(C)C)COP(=O)(O)OCC(O)COP(=O)(O)OC[C@@H](COC(=O)CCCCCCCCCC(C)C)OC(=O)CCCCCCCCCCCCCCCCCCC(C)C. The zero-order chi connectivity index (χ0) is 75.3. The monoisotopic (exact) mass is 1490 g/mol. The second kappa shape index (κ2) is 72.0. The summed E-state index contributed by atoms with van der Waals surface area (Å²) in [5, 5.41) is 10.6. The van der Waals surface area contributed by atoms with Crippen LogP contribution in [0.25, 0.3) is 0 Å². The molecule has 0 rings (SSSR count). The molecule has 102 heavy (non-hydrogen) atoms. The van der Waals surface area contributed by atoms with E-state index in [9.17, 15) is 43.2 Å². The number of carbonyl (C=O) groups is 4. The number of aliphatic hydroxyl groups excluding tert-OH is 1. The van der Waals surface area contributed by atoms with Gasteiger partial charge in [0, 0.05) is 25.7 Å². The van der Waals surface area contributed by atoms with Crippen LogP contribution in [0.2, 0.25) is 0 Å². The molecule has 0 saturated carbocycles. The van der Waals surface area contributed by atoms with Crippen molar-refractivity contribution in [1.82, 2.24) is 0 Å². The van der Waals surface area contributed by atoms with E-state index in [0.29, 0.717) is 31.6 Å². The van der Waals surface area contributed by atoms with Gasteiger partial charge in [-0.25, -0.2) is 9.13 Å². The summed E-state index contributed by atoms with van der Waals surface area (Å²) in [5.74, 6) is 0.997. The molecular weight excluding hydrogens is 1330 g/mol. The third-order valence-electron chi connectivity index (χ3n) is 19.7. The van der Waals surface area contributed by atoms with Gasteiger partial charge in [-0.2, -0.15) is 0 Å². The van der Waals surface area contributed by atoms with Gasteiger partial charge in [-0.1, -0.05) is 376 Å². The van der Waals surface area contributed by atoms with E-state index in [-0.39, 0.29) is 25.7 Å². The molecule has 0 fully saturated rings. The summed E-state index contributed by atoms with van der Waals surface area (Å²) in [7, 11) is -9.92. The molecular formula is C83H162O17P2. The summed E-state index contributed by atoms with van der Waals surface area (Å²) in [6, 6.07) is 0. The maximum Gasteiger partial charge on any atom is 0.472 e. The Morgan fingerprint density at radius 2 is 0.471 bits per heavy atom. The average molecular weight is 1490 g/mol. The minimum absolute atomic E-state index is 0.107. The summed E-state index contributed by atoms with van der Waals surface area (Å²) >= 11 is 0. The number of phosphoric ester groups is 2. The van der Waals surface area contributed by atoms with E-state index in [0.717, 1.165) is 114 Å². The fourth-order valence-electron chi connectivity index (χ4n) is 12.8. The highest BCUT2D eigenvalue weighted by molar-refractivity contribution is 7.47. The van der Waals surface area contributed by atoms with E-state index in [1.165, 1.54) is 225 Å². The van der Waals surface area contributed by atoms with Crippen LogP contribution in [0.15, 0.2) is 0 Å². The average Bonchev–Trinajstić information content (AvgIpc) is 0.929. The number of unbranched alkanes of at least 4 members (excludes halogenated alkanes) is 45. The van der Waals surface area contributed by atoms with Gasteiger partial charge >= 0.3 is 39.5 Å². The third-order valence-corrected chi connectivity index (χ3v) is 21.6. The highest BCUT2D eigenvalue weighted by Gasteiger charge is 2.30. The van der Waals surface area contributed by atoms with Crippen LogP contribution in [-0.4, -0.2) is 96.7 Å². The molecule has 19 heteroatoms. The maximum absolute atomic E-state index is 13.1. The van der Waals surface area contributed by atoms with Crippen molar-refractivity contribution < 1.29 is 80.2 Å². The highest BCUT2D eigenvalue weighted by atomic mass is 31.2. The molecule has 6 atom stereocenters. The molecule has 0 aromatic carbocycles. The van der Waals surface area contributed by atoms with Gasteiger partial charge in [-0.3, -0.25) is 37.3 Å². The first-order chi connectivity index (χ1) is 49.1. The number of carbonyl (C=O) groups excluding carboxylic acids is 4. The summed E-state index contributed by atoms with van der Waals surface area (Å²) in [6.07, 6.45) is 59.9. The largest absolute Gasteiger partial charge is 0.472 e. The van der Waals surface area contributed by atoms with Crippen LogP contribution in [0, 0.1) is 23.7 Å². The number of rotatable bonds is 80. The lowest BCUT2D eigenvalue weighted by Gasteiger charge is -2.21. The molecule has 0 aliphatic rings. The Bertz CT molecular complexity index is 1990. The number of hydrogen-bond acceptors (Lipinski definition) is 15. The summed E-state index contributed by atoms with van der Waals surface area (Å²) in [5.41, 5.74) is 0. The van der Waals surface area contributed by atoms with E-state index in [1.807, 2.05) is 0 Å². The Labute approximate surface area is 626 Å². The van der Waals surface area contributed by atoms with Gasteiger partial charge in [0.05, 0.1) is 26.4 Å². The van der Waals surface area contributed by atoms with Gasteiger partial charge in [0.2, 0.25) is 0 Å². The first-order valence-electron chi connectivity index (χ1n) is 42.7. The van der Waals surface area contributed by atoms with Crippen molar-refractivity contribution in [3.05, 3.63) is 0 Å². The second-order valence-electron chi connectivity index (χ2n) is 31.5. The Morgan fingerprint density at radius 3 is 0.696 bits per heavy atom. The van der Waals surface area contributed by atoms with Crippen LogP contribution in [0.5, 0.6) is 0 Å². The lowest BCUT2D eigenvalue weighted by molar-refractivity contribution is -0.161. The van der Waals surface area contributed by atoms with Crippen molar-refractivity contribution in [3.8, 4) is 0 Å². The summed E-state index contributed by atoms with van der Waals surface area (Å²) < 4.78 is 68.7. The second-order valence-corrected chi connectivity index (χ2v) is 34.4. The van der Waals surface area contributed by atoms with Crippen molar-refractivity contribution >= 4 is 39.5 Å². The molecule has 0 aliphatic carbocycles. The molecule has 17 nitrogen and oxygen atoms in total. The molecule has 0 aliphatic heterocycles. The standard InChI is InChI=1S/C83H162O17P2/c1-9-76(8)62-54-46-38-29-25-21-17-12-10-11-13-18-22-26-30-40-49-57-65-82(87)99-78(69-93-80(85)63-55-47-39-33-32-36-44-52-60-74(4)5)71-97-101(89,90)95-67-77(84)68-96-102(91,92)98-72-79(70-94-81(86)64-56-48-42-34-37-45-53-61-75(6)7)100-83(88)66-58-50-41-31-27-23-19-15-14-16-20-24-28-35-43-51-59-73(2)3/h73-79,84H,9-72H2,1-8H3,(H,89,90)(H,91,92)/t76?,77?,78-,79-/m1/s1. The number of esters is 4. The minimum Gasteiger partial charge on any atom is -0.462 e. The smallest absolute Gasteiger partial charge is 0.462 e. The van der Waals surface area contributed by atoms with Gasteiger partial charge in [-0.05, 0) is 49.4 Å². The molecule has 0 radical (unpaired) electrons. The van der Waals surface area contributed by atoms with Crippen LogP contribution >= 0.6 is 15.6 Å². The van der Waals surface area contributed by atoms with Crippen molar-refractivity contribution in [1.29, 1.82) is 0 Å². The Kier molecular flexibility index (Phi) is 70.6. The van der Waals surface area contributed by atoms with Gasteiger partial charge in [-0.15, -0.1) is 0 Å². The Hall–Kier alpha value is -1.94. The quantitative estimate of drug-likeness (QED) is 0.0222. The van der Waals surface area contributed by atoms with Crippen LogP contribution in [0.4, 0.5) is 0 Å². The Morgan fingerprint density at radius 1 is 0.275 bits per heavy atom. The van der Waals surface area contributed by atoms with Crippen molar-refractivity contribution in [2.24, 2.45) is 23.7 Å². The number of aliphatic hydroxyl groups is 1. The normalized spacial score (nSPS) is 14.3. The predicted molar refractivity (Wildman–Crippen MR) is 418 cm³/mol. The Balaban J connectivity index is 5.17. The maximum atomic E-state index is 13.1. The first kappa shape index (κ1) is 100. The zero-order valence-electron chi connectivity index (χ0n) is 67.2. The molecule has 0 aromatic rings. The highest BCUT2D eigenvalue weighted by Crippen LogP contribution is 2.45. The molecule has 0 amide bonds. The van der Waals surface area contributed by atoms with Gasteiger partial charge < -0.3 is 33.8 Å². The molecule has 0 bridgehead atoms. The number of phosphoric acid groups is 2. The van der Waals surface area contributed by atoms with Crippen LogP contribution < -0.4 is 0 Å². The molecule has 3 N–H and O–H groups in total. The van der Waals surface area contributed by atoms with Crippen molar-refractivity contribution in [2.75, 3.05) is 39.6 Å². The fourth-order valence-corrected chi connectivity index (χ4v) is 14.3. The van der Waals surface area contributed by atoms with E-state index in [4.69, 9.17) is 37.0 Å². The van der Waals surface area contributed by atoms with E-state index in [2.05, 4.69) is 55.4 Å². The van der Waals surface area contributed by atoms with Crippen LogP contribution in [-0.2, 0) is 65.4 Å². The van der Waals surface area contributed by atoms with E-state index in [1.54, 1.807) is 0 Å². The molecule has 606 valence electrons. The third kappa shape index (κ3) is 74.9. The minimum atomic E-state index is -4.96. The number of ether oxygens (including phenoxy) is 4. The molecule has 0 saturated heterocycles. The lowest BCUT2D eigenvalue weighted by atomic mass is 9.99. The molecule has 4 unspecified atom stereocenters. The van der Waals surface area contributed by atoms with E-state index >= 15 is 0 Å². The summed E-state index contributed by atoms with van der Waals surface area (Å²) in [6.45, 7) is 14.3. The molecule has 0 heterocycles.